The Morgan fingerprint density at radius 3 is 2.42 bits per heavy atom. The highest BCUT2D eigenvalue weighted by Gasteiger charge is 2.03. The summed E-state index contributed by atoms with van der Waals surface area (Å²) in [4.78, 5) is 16.1. The predicted molar refractivity (Wildman–Crippen MR) is 113 cm³/mol. The van der Waals surface area contributed by atoms with Gasteiger partial charge in [0.15, 0.2) is 0 Å². The number of pyridine rings is 1. The van der Waals surface area contributed by atoms with Crippen LogP contribution in [0.2, 0.25) is 0 Å². The van der Waals surface area contributed by atoms with Crippen molar-refractivity contribution in [3.63, 3.8) is 0 Å². The van der Waals surface area contributed by atoms with Gasteiger partial charge in [-0.05, 0) is 43.2 Å². The zero-order chi connectivity index (χ0) is 19.9. The van der Waals surface area contributed by atoms with Crippen LogP contribution in [-0.4, -0.2) is 16.1 Å². The van der Waals surface area contributed by atoms with Gasteiger partial charge in [-0.15, -0.1) is 0 Å². The van der Waals surface area contributed by atoms with Crippen molar-refractivity contribution in [2.24, 2.45) is 0 Å². The van der Waals surface area contributed by atoms with Crippen LogP contribution < -0.4 is 4.72 Å². The topological polar surface area (TPSA) is 62.2 Å². The Morgan fingerprint density at radius 1 is 1.15 bits per heavy atom. The number of carboxylic acid groups (broad SMARTS) is 1. The molecule has 0 saturated heterocycles. The number of aromatic nitrogens is 1. The molecule has 1 aromatic carbocycles. The van der Waals surface area contributed by atoms with E-state index < -0.39 is 5.97 Å². The number of nitrogens with zero attached hydrogens (tertiary/aromatic N) is 1. The van der Waals surface area contributed by atoms with Gasteiger partial charge in [-0.3, -0.25) is 4.98 Å². The average Bonchev–Trinajstić information content (AvgIpc) is 2.70. The number of hydrogen-bond acceptors (Lipinski definition) is 4. The van der Waals surface area contributed by atoms with Crippen LogP contribution in [0.1, 0.15) is 34.6 Å². The summed E-state index contributed by atoms with van der Waals surface area (Å²) in [6.45, 7) is 13.3. The van der Waals surface area contributed by atoms with Gasteiger partial charge in [-0.1, -0.05) is 58.5 Å². The van der Waals surface area contributed by atoms with E-state index >= 15 is 0 Å². The lowest BCUT2D eigenvalue weighted by Gasteiger charge is -2.07. The molecule has 0 radical (unpaired) electrons. The summed E-state index contributed by atoms with van der Waals surface area (Å²) in [6.07, 6.45) is 6.61. The second-order valence-corrected chi connectivity index (χ2v) is 5.36. The molecule has 140 valence electrons. The van der Waals surface area contributed by atoms with E-state index in [4.69, 9.17) is 5.11 Å². The summed E-state index contributed by atoms with van der Waals surface area (Å²) in [5.74, 6) is -0.939. The summed E-state index contributed by atoms with van der Waals surface area (Å²) < 4.78 is 3.15. The maximum atomic E-state index is 10.8. The van der Waals surface area contributed by atoms with E-state index in [9.17, 15) is 4.79 Å². The van der Waals surface area contributed by atoms with E-state index in [1.54, 1.807) is 25.3 Å². The Morgan fingerprint density at radius 2 is 1.81 bits per heavy atom. The van der Waals surface area contributed by atoms with Crippen molar-refractivity contribution in [1.29, 1.82) is 0 Å². The lowest BCUT2D eigenvalue weighted by Crippen LogP contribution is -2.01. The minimum Gasteiger partial charge on any atom is -0.478 e. The third-order valence-electron chi connectivity index (χ3n) is 2.94. The maximum Gasteiger partial charge on any atom is 0.331 e. The van der Waals surface area contributed by atoms with Gasteiger partial charge in [-0.25, -0.2) is 4.79 Å². The van der Waals surface area contributed by atoms with Gasteiger partial charge in [-0.2, -0.15) is 0 Å². The van der Waals surface area contributed by atoms with Crippen molar-refractivity contribution < 1.29 is 9.90 Å². The monoisotopic (exact) mass is 372 g/mol. The van der Waals surface area contributed by atoms with Crippen LogP contribution in [0.3, 0.4) is 0 Å². The van der Waals surface area contributed by atoms with Crippen LogP contribution in [0.5, 0.6) is 0 Å². The number of carboxylic acids is 1. The first-order chi connectivity index (χ1) is 12.6. The van der Waals surface area contributed by atoms with Gasteiger partial charge in [0.25, 0.3) is 0 Å². The maximum absolute atomic E-state index is 10.8. The number of carbonyl (C=O) groups is 1. The molecule has 0 unspecified atom stereocenters. The van der Waals surface area contributed by atoms with Gasteiger partial charge in [0.2, 0.25) is 0 Å². The van der Waals surface area contributed by atoms with Crippen molar-refractivity contribution in [1.82, 2.24) is 9.71 Å². The van der Waals surface area contributed by atoms with E-state index in [1.165, 1.54) is 18.0 Å². The lowest BCUT2D eigenvalue weighted by atomic mass is 10.2. The Labute approximate surface area is 160 Å². The fraction of sp³-hybridized carbons (Fsp3) is 0.238. The predicted octanol–water partition coefficient (Wildman–Crippen LogP) is 5.98. The number of para-hydroxylation sites is 1. The number of fused-ring (bicyclic) bond motifs is 1. The lowest BCUT2D eigenvalue weighted by molar-refractivity contribution is -0.132. The normalized spacial score (nSPS) is 10.8. The Hall–Kier alpha value is -2.53. The van der Waals surface area contributed by atoms with Crippen molar-refractivity contribution in [3.8, 4) is 0 Å². The van der Waals surface area contributed by atoms with Crippen LogP contribution in [0.4, 0.5) is 0 Å². The zero-order valence-corrected chi connectivity index (χ0v) is 16.9. The van der Waals surface area contributed by atoms with Crippen molar-refractivity contribution in [3.05, 3.63) is 72.6 Å². The van der Waals surface area contributed by atoms with E-state index in [2.05, 4.69) is 16.3 Å². The molecule has 0 amide bonds. The highest BCUT2D eigenvalue weighted by atomic mass is 32.2. The molecule has 0 atom stereocenters. The third-order valence-corrected chi connectivity index (χ3v) is 3.83. The summed E-state index contributed by atoms with van der Waals surface area (Å²) in [7, 11) is 0. The van der Waals surface area contributed by atoms with Crippen LogP contribution in [0, 0.1) is 0 Å². The van der Waals surface area contributed by atoms with E-state index in [-0.39, 0.29) is 5.57 Å². The molecule has 1 aromatic heterocycles. The Balaban J connectivity index is 0.00000146. The number of rotatable bonds is 6. The highest BCUT2D eigenvalue weighted by Crippen LogP contribution is 2.24. The number of hydrogen-bond donors (Lipinski definition) is 2. The van der Waals surface area contributed by atoms with Crippen molar-refractivity contribution in [2.45, 2.75) is 39.5 Å². The minimum atomic E-state index is -0.939. The van der Waals surface area contributed by atoms with Crippen LogP contribution in [0.25, 0.3) is 10.9 Å². The van der Waals surface area contributed by atoms with E-state index in [0.29, 0.717) is 0 Å². The molecule has 2 rings (SSSR count). The molecule has 0 aliphatic heterocycles. The summed E-state index contributed by atoms with van der Waals surface area (Å²) in [5.41, 5.74) is 1.90. The number of aliphatic carboxylic acids is 1. The fourth-order valence-electron chi connectivity index (χ4n) is 1.70. The van der Waals surface area contributed by atoms with E-state index in [1.807, 2.05) is 58.0 Å². The SMILES string of the molecule is C=C/C(=C\C=C(/C)C(=O)O)NSc1cccc2cccnc12.CC.CC. The fourth-order valence-corrected chi connectivity index (χ4v) is 2.50. The standard InChI is InChI=1S/C17H16N2O2S.2C2H6/c1-3-14(10-9-12(2)17(20)21)19-22-15-8-4-6-13-7-5-11-18-16(13)15;2*1-2/h3-11,19H,1H2,2H3,(H,20,21);2*1-2H3/b12-9+,14-10+;;. The van der Waals surface area contributed by atoms with Crippen molar-refractivity contribution >= 4 is 28.8 Å². The molecule has 0 fully saturated rings. The molecule has 26 heavy (non-hydrogen) atoms. The Bertz CT molecular complexity index is 762. The minimum absolute atomic E-state index is 0.262. The summed E-state index contributed by atoms with van der Waals surface area (Å²) in [6, 6.07) is 9.87. The molecular formula is C21H28N2O2S. The number of allylic oxidation sites excluding steroid dienone is 3. The first-order valence-electron chi connectivity index (χ1n) is 8.62. The molecule has 5 heteroatoms. The molecular weight excluding hydrogens is 344 g/mol. The summed E-state index contributed by atoms with van der Waals surface area (Å²) in [5, 5.41) is 9.91. The average molecular weight is 373 g/mol. The molecule has 0 saturated carbocycles. The first-order valence-corrected chi connectivity index (χ1v) is 9.44. The smallest absolute Gasteiger partial charge is 0.331 e. The number of nitrogens with one attached hydrogen (secondary N) is 1. The van der Waals surface area contributed by atoms with E-state index in [0.717, 1.165) is 21.5 Å². The highest BCUT2D eigenvalue weighted by molar-refractivity contribution is 7.97. The molecule has 0 spiro atoms. The van der Waals surface area contributed by atoms with Crippen LogP contribution >= 0.6 is 11.9 Å². The molecule has 0 aliphatic rings. The molecule has 2 aromatic rings. The van der Waals surface area contributed by atoms with Gasteiger partial charge in [0.05, 0.1) is 10.4 Å². The Kier molecular flexibility index (Phi) is 12.4. The van der Waals surface area contributed by atoms with Crippen molar-refractivity contribution in [2.75, 3.05) is 0 Å². The third kappa shape index (κ3) is 7.57. The van der Waals surface area contributed by atoms with Gasteiger partial charge in [0.1, 0.15) is 0 Å². The second-order valence-electron chi connectivity index (χ2n) is 4.52. The largest absolute Gasteiger partial charge is 0.478 e. The molecule has 0 aliphatic carbocycles. The van der Waals surface area contributed by atoms with Crippen LogP contribution in [-0.2, 0) is 4.79 Å². The molecule has 2 N–H and O–H groups in total. The van der Waals surface area contributed by atoms with Crippen LogP contribution in [0.15, 0.2) is 77.5 Å². The molecule has 1 heterocycles. The molecule has 4 nitrogen and oxygen atoms in total. The zero-order valence-electron chi connectivity index (χ0n) is 16.1. The quantitative estimate of drug-likeness (QED) is 0.371. The molecule has 0 bridgehead atoms. The summed E-state index contributed by atoms with van der Waals surface area (Å²) >= 11 is 1.41. The number of benzene rings is 1. The van der Waals surface area contributed by atoms with Gasteiger partial charge < -0.3 is 9.83 Å². The van der Waals surface area contributed by atoms with Gasteiger partial charge >= 0.3 is 5.97 Å². The van der Waals surface area contributed by atoms with Gasteiger partial charge in [0, 0.05) is 22.9 Å². The second kappa shape index (κ2) is 13.7. The first kappa shape index (κ1) is 23.5.